The summed E-state index contributed by atoms with van der Waals surface area (Å²) in [5.41, 5.74) is 2.81. The van der Waals surface area contributed by atoms with Gasteiger partial charge in [0, 0.05) is 23.2 Å². The molecule has 156 valence electrons. The van der Waals surface area contributed by atoms with Gasteiger partial charge in [0.25, 0.3) is 0 Å². The zero-order valence-corrected chi connectivity index (χ0v) is 17.9. The monoisotopic (exact) mass is 423 g/mol. The van der Waals surface area contributed by atoms with E-state index in [9.17, 15) is 4.79 Å². The number of nitrogens with one attached hydrogen (secondary N) is 1. The average Bonchev–Trinajstić information content (AvgIpc) is 3.44. The Kier molecular flexibility index (Phi) is 6.30. The number of carbonyl (C=O) groups is 1. The number of hydrogen-bond donors (Lipinski definition) is 1. The molecular weight excluding hydrogens is 398 g/mol. The first kappa shape index (κ1) is 20.4. The standard InChI is InChI=1S/C23H25N3O3S/c1-28-19-10-8-17(9-11-19)24-22(27)21-7-4-12-26(21)14-18-15-30-23(25-18)16-5-3-6-20(13-16)29-2/h3,5-6,8-11,13,15,21H,4,7,12,14H2,1-2H3,(H,24,27). The van der Waals surface area contributed by atoms with E-state index in [1.54, 1.807) is 25.6 Å². The molecule has 0 radical (unpaired) electrons. The minimum Gasteiger partial charge on any atom is -0.497 e. The molecule has 0 saturated carbocycles. The van der Waals surface area contributed by atoms with Gasteiger partial charge in [0.2, 0.25) is 5.91 Å². The molecule has 1 aromatic heterocycles. The minimum atomic E-state index is -0.144. The lowest BCUT2D eigenvalue weighted by Crippen LogP contribution is -2.39. The van der Waals surface area contributed by atoms with E-state index >= 15 is 0 Å². The van der Waals surface area contributed by atoms with E-state index < -0.39 is 0 Å². The minimum absolute atomic E-state index is 0.0286. The van der Waals surface area contributed by atoms with E-state index in [4.69, 9.17) is 14.5 Å². The number of rotatable bonds is 7. The Morgan fingerprint density at radius 2 is 1.97 bits per heavy atom. The van der Waals surface area contributed by atoms with E-state index in [1.807, 2.05) is 48.5 Å². The maximum Gasteiger partial charge on any atom is 0.241 e. The predicted molar refractivity (Wildman–Crippen MR) is 119 cm³/mol. The van der Waals surface area contributed by atoms with Crippen LogP contribution in [-0.4, -0.2) is 42.6 Å². The molecule has 1 aliphatic heterocycles. The van der Waals surface area contributed by atoms with Gasteiger partial charge in [-0.25, -0.2) is 4.98 Å². The van der Waals surface area contributed by atoms with Crippen molar-refractivity contribution >= 4 is 22.9 Å². The number of amides is 1. The van der Waals surface area contributed by atoms with Gasteiger partial charge in [-0.2, -0.15) is 0 Å². The van der Waals surface area contributed by atoms with Crippen LogP contribution in [0.1, 0.15) is 18.5 Å². The lowest BCUT2D eigenvalue weighted by atomic mass is 10.2. The number of likely N-dealkylation sites (tertiary alicyclic amines) is 1. The Hall–Kier alpha value is -2.90. The first-order chi connectivity index (χ1) is 14.7. The molecule has 1 atom stereocenters. The highest BCUT2D eigenvalue weighted by Crippen LogP contribution is 2.29. The lowest BCUT2D eigenvalue weighted by Gasteiger charge is -2.22. The van der Waals surface area contributed by atoms with Gasteiger partial charge in [-0.05, 0) is 55.8 Å². The molecule has 3 aromatic rings. The summed E-state index contributed by atoms with van der Waals surface area (Å²) in [6, 6.07) is 15.2. The second-order valence-corrected chi connectivity index (χ2v) is 8.08. The van der Waals surface area contributed by atoms with Crippen LogP contribution in [0.5, 0.6) is 11.5 Å². The van der Waals surface area contributed by atoms with Gasteiger partial charge in [-0.1, -0.05) is 12.1 Å². The second kappa shape index (κ2) is 9.28. The van der Waals surface area contributed by atoms with Crippen molar-refractivity contribution in [3.8, 4) is 22.1 Å². The molecule has 1 aliphatic rings. The van der Waals surface area contributed by atoms with Gasteiger partial charge >= 0.3 is 0 Å². The third-order valence-electron chi connectivity index (χ3n) is 5.26. The lowest BCUT2D eigenvalue weighted by molar-refractivity contribution is -0.120. The number of aromatic nitrogens is 1. The molecule has 1 saturated heterocycles. The highest BCUT2D eigenvalue weighted by molar-refractivity contribution is 7.13. The normalized spacial score (nSPS) is 16.4. The summed E-state index contributed by atoms with van der Waals surface area (Å²) >= 11 is 1.62. The highest BCUT2D eigenvalue weighted by Gasteiger charge is 2.31. The van der Waals surface area contributed by atoms with Crippen molar-refractivity contribution < 1.29 is 14.3 Å². The number of methoxy groups -OCH3 is 2. The van der Waals surface area contributed by atoms with E-state index in [1.165, 1.54) is 0 Å². The van der Waals surface area contributed by atoms with Crippen LogP contribution in [0.15, 0.2) is 53.9 Å². The summed E-state index contributed by atoms with van der Waals surface area (Å²) in [5.74, 6) is 1.62. The zero-order valence-electron chi connectivity index (χ0n) is 17.1. The van der Waals surface area contributed by atoms with Crippen LogP contribution < -0.4 is 14.8 Å². The molecule has 1 N–H and O–H groups in total. The zero-order chi connectivity index (χ0) is 20.9. The van der Waals surface area contributed by atoms with E-state index in [2.05, 4.69) is 15.6 Å². The SMILES string of the molecule is COc1ccc(NC(=O)C2CCCN2Cc2csc(-c3cccc(OC)c3)n2)cc1. The van der Waals surface area contributed by atoms with Crippen LogP contribution >= 0.6 is 11.3 Å². The van der Waals surface area contributed by atoms with Crippen molar-refractivity contribution in [3.63, 3.8) is 0 Å². The second-order valence-electron chi connectivity index (χ2n) is 7.22. The summed E-state index contributed by atoms with van der Waals surface area (Å²) in [5, 5.41) is 6.06. The Morgan fingerprint density at radius 1 is 1.17 bits per heavy atom. The fourth-order valence-electron chi connectivity index (χ4n) is 3.69. The molecule has 4 rings (SSSR count). The molecule has 1 amide bonds. The van der Waals surface area contributed by atoms with Crippen molar-refractivity contribution in [1.29, 1.82) is 0 Å². The molecule has 2 heterocycles. The molecule has 1 unspecified atom stereocenters. The van der Waals surface area contributed by atoms with Crippen LogP contribution in [0, 0.1) is 0 Å². The smallest absolute Gasteiger partial charge is 0.241 e. The van der Waals surface area contributed by atoms with Gasteiger partial charge in [-0.3, -0.25) is 9.69 Å². The maximum atomic E-state index is 12.9. The average molecular weight is 424 g/mol. The summed E-state index contributed by atoms with van der Waals surface area (Å²) in [6.45, 7) is 1.56. The molecule has 0 bridgehead atoms. The topological polar surface area (TPSA) is 63.7 Å². The van der Waals surface area contributed by atoms with E-state index in [0.717, 1.165) is 52.8 Å². The maximum absolute atomic E-state index is 12.9. The molecule has 7 heteroatoms. The number of benzene rings is 2. The molecule has 1 fully saturated rings. The van der Waals surface area contributed by atoms with Gasteiger partial charge in [0.05, 0.1) is 26.0 Å². The number of hydrogen-bond acceptors (Lipinski definition) is 6. The summed E-state index contributed by atoms with van der Waals surface area (Å²) in [6.07, 6.45) is 1.86. The van der Waals surface area contributed by atoms with Crippen molar-refractivity contribution in [2.45, 2.75) is 25.4 Å². The third kappa shape index (κ3) is 4.63. The number of carbonyl (C=O) groups excluding carboxylic acids is 1. The van der Waals surface area contributed by atoms with Crippen molar-refractivity contribution in [3.05, 3.63) is 59.6 Å². The number of thiazole rings is 1. The fraction of sp³-hybridized carbons (Fsp3) is 0.304. The van der Waals surface area contributed by atoms with E-state index in [-0.39, 0.29) is 11.9 Å². The quantitative estimate of drug-likeness (QED) is 0.609. The summed E-state index contributed by atoms with van der Waals surface area (Å²) < 4.78 is 10.5. The molecular formula is C23H25N3O3S. The predicted octanol–water partition coefficient (Wildman–Crippen LogP) is 4.43. The first-order valence-electron chi connectivity index (χ1n) is 9.94. The Bertz CT molecular complexity index is 1000. The van der Waals surface area contributed by atoms with Gasteiger partial charge in [-0.15, -0.1) is 11.3 Å². The van der Waals surface area contributed by atoms with Gasteiger partial charge in [0.15, 0.2) is 0 Å². The first-order valence-corrected chi connectivity index (χ1v) is 10.8. The fourth-order valence-corrected chi connectivity index (χ4v) is 4.50. The van der Waals surface area contributed by atoms with Crippen molar-refractivity contribution in [1.82, 2.24) is 9.88 Å². The van der Waals surface area contributed by atoms with Crippen LogP contribution in [0.2, 0.25) is 0 Å². The molecule has 30 heavy (non-hydrogen) atoms. The van der Waals surface area contributed by atoms with E-state index in [0.29, 0.717) is 6.54 Å². The molecule has 0 aliphatic carbocycles. The van der Waals surface area contributed by atoms with Crippen LogP contribution in [-0.2, 0) is 11.3 Å². The summed E-state index contributed by atoms with van der Waals surface area (Å²) in [7, 11) is 3.29. The van der Waals surface area contributed by atoms with Crippen LogP contribution in [0.3, 0.4) is 0 Å². The molecule has 0 spiro atoms. The van der Waals surface area contributed by atoms with Crippen molar-refractivity contribution in [2.24, 2.45) is 0 Å². The highest BCUT2D eigenvalue weighted by atomic mass is 32.1. The Labute approximate surface area is 180 Å². The van der Waals surface area contributed by atoms with Gasteiger partial charge < -0.3 is 14.8 Å². The molecule has 2 aromatic carbocycles. The molecule has 6 nitrogen and oxygen atoms in total. The number of nitrogens with zero attached hydrogens (tertiary/aromatic N) is 2. The van der Waals surface area contributed by atoms with Crippen LogP contribution in [0.4, 0.5) is 5.69 Å². The number of ether oxygens (including phenoxy) is 2. The Morgan fingerprint density at radius 3 is 2.73 bits per heavy atom. The summed E-state index contributed by atoms with van der Waals surface area (Å²) in [4.78, 5) is 19.9. The third-order valence-corrected chi connectivity index (χ3v) is 6.20. The largest absolute Gasteiger partial charge is 0.497 e. The van der Waals surface area contributed by atoms with Crippen LogP contribution in [0.25, 0.3) is 10.6 Å². The van der Waals surface area contributed by atoms with Crippen molar-refractivity contribution in [2.75, 3.05) is 26.1 Å². The number of anilines is 1. The van der Waals surface area contributed by atoms with Gasteiger partial charge in [0.1, 0.15) is 16.5 Å². The Balaban J connectivity index is 1.41.